The van der Waals surface area contributed by atoms with E-state index in [0.717, 1.165) is 25.8 Å². The number of hydrogen-bond donors (Lipinski definition) is 1. The molecule has 2 aliphatic carbocycles. The quantitative estimate of drug-likeness (QED) is 0.846. The lowest BCUT2D eigenvalue weighted by Gasteiger charge is -2.34. The summed E-state index contributed by atoms with van der Waals surface area (Å²) in [6.45, 7) is 3.41. The number of benzene rings is 1. The van der Waals surface area contributed by atoms with E-state index in [2.05, 4.69) is 29.6 Å². The highest BCUT2D eigenvalue weighted by molar-refractivity contribution is 5.72. The molecule has 0 saturated heterocycles. The van der Waals surface area contributed by atoms with Crippen molar-refractivity contribution < 1.29 is 9.53 Å². The highest BCUT2D eigenvalue weighted by Gasteiger charge is 2.30. The van der Waals surface area contributed by atoms with Crippen LogP contribution in [0.1, 0.15) is 49.7 Å². The average molecular weight is 287 g/mol. The van der Waals surface area contributed by atoms with Gasteiger partial charge in [-0.15, -0.1) is 0 Å². The SMILES string of the molecule is CCOC(=O)C1CCCC(NCC2Cc3ccccc32)C1. The Morgan fingerprint density at radius 1 is 1.33 bits per heavy atom. The molecule has 2 aliphatic rings. The molecule has 3 heteroatoms. The Balaban J connectivity index is 1.47. The van der Waals surface area contributed by atoms with Gasteiger partial charge >= 0.3 is 5.97 Å². The number of hydrogen-bond acceptors (Lipinski definition) is 3. The summed E-state index contributed by atoms with van der Waals surface area (Å²) in [6, 6.07) is 9.19. The van der Waals surface area contributed by atoms with Crippen molar-refractivity contribution in [3.63, 3.8) is 0 Å². The molecule has 114 valence electrons. The van der Waals surface area contributed by atoms with Crippen LogP contribution in [-0.4, -0.2) is 25.2 Å². The summed E-state index contributed by atoms with van der Waals surface area (Å²) in [4.78, 5) is 11.9. The second-order valence-electron chi connectivity index (χ2n) is 6.32. The Hall–Kier alpha value is -1.35. The molecular formula is C18H25NO2. The Morgan fingerprint density at radius 2 is 2.19 bits per heavy atom. The molecule has 3 rings (SSSR count). The summed E-state index contributed by atoms with van der Waals surface area (Å²) in [5.74, 6) is 0.757. The zero-order valence-corrected chi connectivity index (χ0v) is 12.8. The second-order valence-corrected chi connectivity index (χ2v) is 6.32. The zero-order valence-electron chi connectivity index (χ0n) is 12.8. The van der Waals surface area contributed by atoms with E-state index in [1.165, 1.54) is 24.0 Å². The number of carbonyl (C=O) groups excluding carboxylic acids is 1. The van der Waals surface area contributed by atoms with E-state index in [-0.39, 0.29) is 11.9 Å². The minimum atomic E-state index is -0.00186. The maximum absolute atomic E-state index is 11.9. The summed E-state index contributed by atoms with van der Waals surface area (Å²) in [5.41, 5.74) is 3.00. The standard InChI is InChI=1S/C18H25NO2/c1-2-21-18(20)14-7-5-8-16(11-14)19-12-15-10-13-6-3-4-9-17(13)15/h3-4,6,9,14-16,19H,2,5,7-8,10-12H2,1H3. The molecule has 21 heavy (non-hydrogen) atoms. The van der Waals surface area contributed by atoms with Gasteiger partial charge in [-0.2, -0.15) is 0 Å². The van der Waals surface area contributed by atoms with Gasteiger partial charge in [-0.25, -0.2) is 0 Å². The van der Waals surface area contributed by atoms with Crippen LogP contribution < -0.4 is 5.32 Å². The maximum Gasteiger partial charge on any atom is 0.308 e. The highest BCUT2D eigenvalue weighted by atomic mass is 16.5. The number of carbonyl (C=O) groups is 1. The molecule has 0 radical (unpaired) electrons. The van der Waals surface area contributed by atoms with Gasteiger partial charge in [0.05, 0.1) is 12.5 Å². The van der Waals surface area contributed by atoms with Gasteiger partial charge in [0.2, 0.25) is 0 Å². The van der Waals surface area contributed by atoms with Crippen molar-refractivity contribution in [2.45, 2.75) is 51.0 Å². The molecule has 3 atom stereocenters. The predicted molar refractivity (Wildman–Crippen MR) is 83.3 cm³/mol. The number of rotatable bonds is 5. The van der Waals surface area contributed by atoms with Gasteiger partial charge in [-0.05, 0) is 43.7 Å². The number of ether oxygens (including phenoxy) is 1. The van der Waals surface area contributed by atoms with Crippen LogP contribution in [0.3, 0.4) is 0 Å². The van der Waals surface area contributed by atoms with Crippen molar-refractivity contribution in [1.29, 1.82) is 0 Å². The van der Waals surface area contributed by atoms with Crippen molar-refractivity contribution in [2.24, 2.45) is 5.92 Å². The molecule has 3 nitrogen and oxygen atoms in total. The largest absolute Gasteiger partial charge is 0.466 e. The number of esters is 1. The van der Waals surface area contributed by atoms with Gasteiger partial charge in [0.1, 0.15) is 0 Å². The molecule has 1 saturated carbocycles. The van der Waals surface area contributed by atoms with Gasteiger partial charge in [0, 0.05) is 18.5 Å². The van der Waals surface area contributed by atoms with Gasteiger partial charge in [0.15, 0.2) is 0 Å². The molecular weight excluding hydrogens is 262 g/mol. The normalized spacial score (nSPS) is 27.6. The lowest BCUT2D eigenvalue weighted by atomic mass is 9.77. The van der Waals surface area contributed by atoms with E-state index < -0.39 is 0 Å². The summed E-state index contributed by atoms with van der Waals surface area (Å²) in [7, 11) is 0. The Bertz CT molecular complexity index is 500. The lowest BCUT2D eigenvalue weighted by Crippen LogP contribution is -2.40. The van der Waals surface area contributed by atoms with Crippen LogP contribution in [0.15, 0.2) is 24.3 Å². The van der Waals surface area contributed by atoms with Gasteiger partial charge < -0.3 is 10.1 Å². The van der Waals surface area contributed by atoms with Crippen LogP contribution in [0.4, 0.5) is 0 Å². The molecule has 0 spiro atoms. The molecule has 0 bridgehead atoms. The summed E-state index contributed by atoms with van der Waals surface area (Å²) < 4.78 is 5.17. The van der Waals surface area contributed by atoms with E-state index in [0.29, 0.717) is 18.6 Å². The van der Waals surface area contributed by atoms with Crippen molar-refractivity contribution in [3.8, 4) is 0 Å². The van der Waals surface area contributed by atoms with Crippen LogP contribution in [0.2, 0.25) is 0 Å². The van der Waals surface area contributed by atoms with Gasteiger partial charge in [-0.1, -0.05) is 30.7 Å². The Kier molecular flexibility index (Phi) is 4.59. The summed E-state index contributed by atoms with van der Waals surface area (Å²) in [5, 5.41) is 3.68. The molecule has 1 N–H and O–H groups in total. The average Bonchev–Trinajstić information content (AvgIpc) is 2.49. The fourth-order valence-electron chi connectivity index (χ4n) is 3.70. The molecule has 0 aromatic heterocycles. The zero-order chi connectivity index (χ0) is 14.7. The first kappa shape index (κ1) is 14.6. The predicted octanol–water partition coefficient (Wildman–Crippen LogP) is 3.04. The fraction of sp³-hybridized carbons (Fsp3) is 0.611. The summed E-state index contributed by atoms with van der Waals surface area (Å²) in [6.07, 6.45) is 5.43. The molecule has 0 amide bonds. The van der Waals surface area contributed by atoms with Crippen molar-refractivity contribution in [1.82, 2.24) is 5.32 Å². The van der Waals surface area contributed by atoms with Crippen LogP contribution in [-0.2, 0) is 16.0 Å². The molecule has 0 heterocycles. The number of fused-ring (bicyclic) bond motifs is 1. The molecule has 1 aromatic rings. The Labute approximate surface area is 127 Å². The molecule has 0 aliphatic heterocycles. The first-order chi connectivity index (χ1) is 10.3. The van der Waals surface area contributed by atoms with E-state index in [1.54, 1.807) is 0 Å². The minimum absolute atomic E-state index is 0.00186. The third-order valence-corrected chi connectivity index (χ3v) is 4.91. The van der Waals surface area contributed by atoms with Crippen LogP contribution in [0, 0.1) is 5.92 Å². The van der Waals surface area contributed by atoms with E-state index in [1.807, 2.05) is 6.92 Å². The fourth-order valence-corrected chi connectivity index (χ4v) is 3.70. The summed E-state index contributed by atoms with van der Waals surface area (Å²) >= 11 is 0. The Morgan fingerprint density at radius 3 is 3.00 bits per heavy atom. The van der Waals surface area contributed by atoms with Gasteiger partial charge in [0.25, 0.3) is 0 Å². The van der Waals surface area contributed by atoms with Crippen LogP contribution >= 0.6 is 0 Å². The first-order valence-corrected chi connectivity index (χ1v) is 8.25. The smallest absolute Gasteiger partial charge is 0.308 e. The van der Waals surface area contributed by atoms with Crippen LogP contribution in [0.25, 0.3) is 0 Å². The topological polar surface area (TPSA) is 38.3 Å². The lowest BCUT2D eigenvalue weighted by molar-refractivity contribution is -0.149. The van der Waals surface area contributed by atoms with E-state index in [9.17, 15) is 4.79 Å². The first-order valence-electron chi connectivity index (χ1n) is 8.25. The molecule has 1 fully saturated rings. The monoisotopic (exact) mass is 287 g/mol. The number of nitrogens with one attached hydrogen (secondary N) is 1. The van der Waals surface area contributed by atoms with Crippen molar-refractivity contribution in [2.75, 3.05) is 13.2 Å². The van der Waals surface area contributed by atoms with E-state index >= 15 is 0 Å². The van der Waals surface area contributed by atoms with Crippen molar-refractivity contribution in [3.05, 3.63) is 35.4 Å². The van der Waals surface area contributed by atoms with Crippen molar-refractivity contribution >= 4 is 5.97 Å². The molecule has 1 aromatic carbocycles. The van der Waals surface area contributed by atoms with Crippen LogP contribution in [0.5, 0.6) is 0 Å². The van der Waals surface area contributed by atoms with Gasteiger partial charge in [-0.3, -0.25) is 4.79 Å². The third kappa shape index (κ3) is 3.29. The molecule has 3 unspecified atom stereocenters. The van der Waals surface area contributed by atoms with E-state index in [4.69, 9.17) is 4.74 Å². The second kappa shape index (κ2) is 6.61. The highest BCUT2D eigenvalue weighted by Crippen LogP contribution is 2.34. The third-order valence-electron chi connectivity index (χ3n) is 4.91. The minimum Gasteiger partial charge on any atom is -0.466 e. The maximum atomic E-state index is 11.9.